The molecule has 122 valence electrons. The molecule has 0 N–H and O–H groups in total. The van der Waals surface area contributed by atoms with Gasteiger partial charge in [0.05, 0.1) is 11.8 Å². The van der Waals surface area contributed by atoms with Gasteiger partial charge in [-0.2, -0.15) is 11.8 Å². The Bertz CT molecular complexity index is 420. The van der Waals surface area contributed by atoms with E-state index in [1.54, 1.807) is 30.5 Å². The van der Waals surface area contributed by atoms with Crippen molar-refractivity contribution in [2.24, 2.45) is 0 Å². The molecule has 1 aromatic carbocycles. The number of thioether (sulfide) groups is 1. The second-order valence-electron chi connectivity index (χ2n) is 3.27. The van der Waals surface area contributed by atoms with Gasteiger partial charge >= 0.3 is 0 Å². The number of hydrogen-bond acceptors (Lipinski definition) is 3. The highest BCUT2D eigenvalue weighted by molar-refractivity contribution is 7.98. The van der Waals surface area contributed by atoms with E-state index in [0.717, 1.165) is 12.0 Å². The first-order valence-electron chi connectivity index (χ1n) is 7.05. The van der Waals surface area contributed by atoms with Gasteiger partial charge in [-0.3, -0.25) is 4.79 Å². The molecule has 0 saturated carbocycles. The van der Waals surface area contributed by atoms with Crippen molar-refractivity contribution in [1.29, 1.82) is 0 Å². The molecule has 0 aliphatic heterocycles. The summed E-state index contributed by atoms with van der Waals surface area (Å²) >= 11 is 1.84. The van der Waals surface area contributed by atoms with Crippen LogP contribution in [0.1, 0.15) is 38.1 Å². The first-order chi connectivity index (χ1) is 10.8. The molecule has 3 heteroatoms. The van der Waals surface area contributed by atoms with E-state index in [-0.39, 0.29) is 0 Å². The minimum atomic E-state index is 0.565. The zero-order chi connectivity index (χ0) is 17.6. The molecule has 0 bridgehead atoms. The van der Waals surface area contributed by atoms with Crippen molar-refractivity contribution < 1.29 is 9.53 Å². The number of allylic oxidation sites excluding steroid dienone is 2. The third kappa shape index (κ3) is 16.1. The average Bonchev–Trinajstić information content (AvgIpc) is 2.62. The van der Waals surface area contributed by atoms with Crippen LogP contribution >= 0.6 is 11.8 Å². The number of rotatable bonds is 5. The molecular formula is C19H28O2S. The summed E-state index contributed by atoms with van der Waals surface area (Å²) < 4.78 is 5.17. The van der Waals surface area contributed by atoms with E-state index in [2.05, 4.69) is 31.3 Å². The zero-order valence-corrected chi connectivity index (χ0v) is 15.1. The summed E-state index contributed by atoms with van der Waals surface area (Å²) in [5.41, 5.74) is 0.565. The minimum Gasteiger partial charge on any atom is -0.465 e. The van der Waals surface area contributed by atoms with Crippen molar-refractivity contribution in [3.05, 3.63) is 54.3 Å². The molecule has 1 aromatic rings. The van der Waals surface area contributed by atoms with Gasteiger partial charge in [0.25, 0.3) is 0 Å². The maximum Gasteiger partial charge on any atom is 0.153 e. The molecule has 0 aliphatic carbocycles. The lowest BCUT2D eigenvalue weighted by atomic mass is 10.2. The molecule has 0 saturated heterocycles. The van der Waals surface area contributed by atoms with E-state index in [1.165, 1.54) is 0 Å². The van der Waals surface area contributed by atoms with E-state index >= 15 is 0 Å². The SMILES string of the molecule is C#C.C/C=C/Oc1ccccc1C=O.C/C=C\CSC.CC. The Labute approximate surface area is 140 Å². The molecule has 22 heavy (non-hydrogen) atoms. The number of aldehydes is 1. The van der Waals surface area contributed by atoms with Crippen molar-refractivity contribution in [2.75, 3.05) is 12.0 Å². The lowest BCUT2D eigenvalue weighted by molar-refractivity contribution is 0.112. The van der Waals surface area contributed by atoms with Crippen LogP contribution in [0.5, 0.6) is 5.75 Å². The summed E-state index contributed by atoms with van der Waals surface area (Å²) in [5.74, 6) is 1.74. The van der Waals surface area contributed by atoms with Crippen molar-refractivity contribution in [1.82, 2.24) is 0 Å². The Kier molecular flexibility index (Phi) is 27.5. The Hall–Kier alpha value is -1.92. The van der Waals surface area contributed by atoms with E-state index in [9.17, 15) is 4.79 Å². The Morgan fingerprint density at radius 1 is 1.14 bits per heavy atom. The first-order valence-corrected chi connectivity index (χ1v) is 8.45. The molecule has 0 amide bonds. The normalized spacial score (nSPS) is 8.68. The van der Waals surface area contributed by atoms with E-state index in [1.807, 2.05) is 45.5 Å². The molecule has 0 fully saturated rings. The largest absolute Gasteiger partial charge is 0.465 e. The van der Waals surface area contributed by atoms with Crippen LogP contribution in [0.3, 0.4) is 0 Å². The Balaban J connectivity index is -0.000000306. The molecule has 0 atom stereocenters. The maximum atomic E-state index is 10.5. The van der Waals surface area contributed by atoms with E-state index < -0.39 is 0 Å². The predicted octanol–water partition coefficient (Wildman–Crippen LogP) is 5.61. The number of carbonyl (C=O) groups is 1. The topological polar surface area (TPSA) is 26.3 Å². The molecule has 0 aromatic heterocycles. The smallest absolute Gasteiger partial charge is 0.153 e. The second kappa shape index (κ2) is 24.1. The lowest BCUT2D eigenvalue weighted by Gasteiger charge is -2.01. The van der Waals surface area contributed by atoms with Crippen molar-refractivity contribution in [2.45, 2.75) is 27.7 Å². The highest BCUT2D eigenvalue weighted by Gasteiger charge is 1.97. The number of para-hydroxylation sites is 1. The summed E-state index contributed by atoms with van der Waals surface area (Å²) in [4.78, 5) is 10.5. The third-order valence-electron chi connectivity index (χ3n) is 1.88. The number of benzene rings is 1. The van der Waals surface area contributed by atoms with Crippen LogP contribution in [0, 0.1) is 12.8 Å². The van der Waals surface area contributed by atoms with Gasteiger partial charge in [0, 0.05) is 5.75 Å². The van der Waals surface area contributed by atoms with Gasteiger partial charge in [-0.25, -0.2) is 0 Å². The molecule has 1 rings (SSSR count). The first kappa shape index (κ1) is 25.1. The minimum absolute atomic E-state index is 0.565. The fourth-order valence-corrected chi connectivity index (χ4v) is 1.40. The predicted molar refractivity (Wildman–Crippen MR) is 102 cm³/mol. The number of terminal acetylenes is 1. The van der Waals surface area contributed by atoms with Gasteiger partial charge in [0.1, 0.15) is 5.75 Å². The molecule has 0 spiro atoms. The average molecular weight is 320 g/mol. The van der Waals surface area contributed by atoms with Crippen molar-refractivity contribution >= 4 is 18.0 Å². The van der Waals surface area contributed by atoms with Crippen LogP contribution in [0.15, 0.2) is 48.8 Å². The quantitative estimate of drug-likeness (QED) is 0.305. The van der Waals surface area contributed by atoms with Crippen molar-refractivity contribution in [3.63, 3.8) is 0 Å². The van der Waals surface area contributed by atoms with Gasteiger partial charge in [-0.1, -0.05) is 44.2 Å². The van der Waals surface area contributed by atoms with Crippen LogP contribution in [0.25, 0.3) is 0 Å². The molecule has 0 unspecified atom stereocenters. The standard InChI is InChI=1S/C10H10O2.C5H10S.C2H6.C2H2/c1-2-7-12-10-6-4-3-5-9(10)8-11;1-3-4-5-6-2;2*1-2/h2-8H,1H3;3-4H,5H2,1-2H3;1-2H3;1-2H/b7-2+;4-3-;;. The van der Waals surface area contributed by atoms with Gasteiger partial charge in [-0.15, -0.1) is 12.8 Å². The van der Waals surface area contributed by atoms with Gasteiger partial charge in [-0.05, 0) is 32.2 Å². The third-order valence-corrected chi connectivity index (χ3v) is 2.40. The monoisotopic (exact) mass is 320 g/mol. The molecular weight excluding hydrogens is 292 g/mol. The number of ether oxygens (including phenoxy) is 1. The van der Waals surface area contributed by atoms with Crippen LogP contribution in [-0.4, -0.2) is 18.3 Å². The molecule has 0 aliphatic rings. The number of hydrogen-bond donors (Lipinski definition) is 0. The summed E-state index contributed by atoms with van der Waals surface area (Å²) in [5, 5.41) is 0. The highest BCUT2D eigenvalue weighted by Crippen LogP contribution is 2.15. The summed E-state index contributed by atoms with van der Waals surface area (Å²) in [6.07, 6.45) is 18.4. The van der Waals surface area contributed by atoms with E-state index in [4.69, 9.17) is 4.74 Å². The van der Waals surface area contributed by atoms with Crippen molar-refractivity contribution in [3.8, 4) is 18.6 Å². The van der Waals surface area contributed by atoms with E-state index in [0.29, 0.717) is 11.3 Å². The number of carbonyl (C=O) groups excluding carboxylic acids is 1. The summed E-state index contributed by atoms with van der Waals surface area (Å²) in [6, 6.07) is 7.09. The van der Waals surface area contributed by atoms with Gasteiger partial charge < -0.3 is 4.74 Å². The lowest BCUT2D eigenvalue weighted by Crippen LogP contribution is -1.87. The maximum absolute atomic E-state index is 10.5. The fraction of sp³-hybridized carbons (Fsp3) is 0.316. The van der Waals surface area contributed by atoms with Gasteiger partial charge in [0.2, 0.25) is 0 Å². The zero-order valence-electron chi connectivity index (χ0n) is 14.3. The molecule has 0 radical (unpaired) electrons. The highest BCUT2D eigenvalue weighted by atomic mass is 32.2. The Morgan fingerprint density at radius 3 is 2.14 bits per heavy atom. The molecule has 0 heterocycles. The van der Waals surface area contributed by atoms with Crippen LogP contribution < -0.4 is 4.74 Å². The van der Waals surface area contributed by atoms with Crippen LogP contribution in [0.4, 0.5) is 0 Å². The second-order valence-corrected chi connectivity index (χ2v) is 4.18. The summed E-state index contributed by atoms with van der Waals surface area (Å²) in [6.45, 7) is 7.89. The fourth-order valence-electron chi connectivity index (χ4n) is 1.02. The van der Waals surface area contributed by atoms with Crippen LogP contribution in [-0.2, 0) is 0 Å². The summed E-state index contributed by atoms with van der Waals surface area (Å²) in [7, 11) is 0. The van der Waals surface area contributed by atoms with Gasteiger partial charge in [0.15, 0.2) is 6.29 Å². The molecule has 2 nitrogen and oxygen atoms in total. The Morgan fingerprint density at radius 2 is 1.73 bits per heavy atom. The van der Waals surface area contributed by atoms with Crippen LogP contribution in [0.2, 0.25) is 0 Å².